The van der Waals surface area contributed by atoms with Gasteiger partial charge in [-0.05, 0) is 48.9 Å². The maximum Gasteiger partial charge on any atom is 0.446 e. The van der Waals surface area contributed by atoms with Crippen LogP contribution in [0.15, 0.2) is 29.2 Å². The van der Waals surface area contributed by atoms with E-state index in [0.717, 1.165) is 4.31 Å². The Morgan fingerprint density at radius 3 is 2.03 bits per heavy atom. The number of halogens is 4. The largest absolute Gasteiger partial charge is 0.446 e. The molecule has 0 radical (unpaired) electrons. The van der Waals surface area contributed by atoms with Crippen LogP contribution in [-0.2, 0) is 24.7 Å². The molecule has 2 N–H and O–H groups in total. The van der Waals surface area contributed by atoms with Crippen molar-refractivity contribution in [3.63, 3.8) is 0 Å². The lowest BCUT2D eigenvalue weighted by Gasteiger charge is -2.41. The fraction of sp³-hybridized carbons (Fsp3) is 0.588. The molecule has 1 aromatic carbocycles. The summed E-state index contributed by atoms with van der Waals surface area (Å²) in [6.45, 7) is 0.434. The molecule has 33 heavy (non-hydrogen) atoms. The second-order valence-electron chi connectivity index (χ2n) is 7.52. The van der Waals surface area contributed by atoms with Crippen LogP contribution < -0.4 is 10.4 Å². The molecule has 2 aliphatic heterocycles. The van der Waals surface area contributed by atoms with E-state index in [0.29, 0.717) is 5.69 Å². The third-order valence-electron chi connectivity index (χ3n) is 5.66. The number of sulfonamides is 1. The number of carbonyl (C=O) groups excluding carboxylic acids is 1. The molecule has 0 aromatic heterocycles. The number of hydrogen-bond acceptors (Lipinski definition) is 8. The highest BCUT2D eigenvalue weighted by atomic mass is 35.5. The summed E-state index contributed by atoms with van der Waals surface area (Å²) in [7, 11) is -7.77. The molecule has 0 spiro atoms. The fourth-order valence-corrected chi connectivity index (χ4v) is 8.32. The van der Waals surface area contributed by atoms with E-state index < -0.39 is 60.4 Å². The number of carbonyl (C=O) groups is 1. The zero-order valence-electron chi connectivity index (χ0n) is 17.1. The Balaban J connectivity index is 0.00000385. The summed E-state index contributed by atoms with van der Waals surface area (Å²) in [5, 5.41) is 9.12. The smallest absolute Gasteiger partial charge is 0.369 e. The molecule has 2 fully saturated rings. The SMILES string of the molecule is Cl.O=C(NO)C1(S(=O)(=O)N2CCN(c3ccc(SC(F)(F)F)cc3)CC2)CCS(=O)(=O)CC1. The zero-order chi connectivity index (χ0) is 23.8. The Morgan fingerprint density at radius 2 is 1.58 bits per heavy atom. The summed E-state index contributed by atoms with van der Waals surface area (Å²) in [5.41, 5.74) is -2.39. The number of sulfone groups is 1. The van der Waals surface area contributed by atoms with Crippen molar-refractivity contribution in [2.75, 3.05) is 42.6 Å². The lowest BCUT2D eigenvalue weighted by atomic mass is 10.0. The summed E-state index contributed by atoms with van der Waals surface area (Å²) in [5.74, 6) is -2.13. The minimum absolute atomic E-state index is 0. The van der Waals surface area contributed by atoms with Crippen molar-refractivity contribution in [2.45, 2.75) is 28.0 Å². The third kappa shape index (κ3) is 6.06. The lowest BCUT2D eigenvalue weighted by molar-refractivity contribution is -0.132. The quantitative estimate of drug-likeness (QED) is 0.320. The van der Waals surface area contributed by atoms with Gasteiger partial charge in [-0.2, -0.15) is 17.5 Å². The van der Waals surface area contributed by atoms with Crippen LogP contribution in [0.25, 0.3) is 0 Å². The number of amides is 1. The second kappa shape index (κ2) is 10.2. The van der Waals surface area contributed by atoms with Crippen LogP contribution in [0.3, 0.4) is 0 Å². The molecule has 3 rings (SSSR count). The predicted molar refractivity (Wildman–Crippen MR) is 119 cm³/mol. The Bertz CT molecular complexity index is 1050. The van der Waals surface area contributed by atoms with Crippen LogP contribution in [0.1, 0.15) is 12.8 Å². The average molecular weight is 554 g/mol. The van der Waals surface area contributed by atoms with Crippen LogP contribution >= 0.6 is 24.2 Å². The Kier molecular flexibility index (Phi) is 8.61. The molecule has 9 nitrogen and oxygen atoms in total. The monoisotopic (exact) mass is 553 g/mol. The highest BCUT2D eigenvalue weighted by Gasteiger charge is 2.56. The molecule has 16 heteroatoms. The molecule has 0 atom stereocenters. The summed E-state index contributed by atoms with van der Waals surface area (Å²) >= 11 is -0.227. The topological polar surface area (TPSA) is 124 Å². The van der Waals surface area contributed by atoms with E-state index in [9.17, 15) is 34.8 Å². The number of hydroxylamine groups is 1. The molecule has 0 saturated carbocycles. The summed E-state index contributed by atoms with van der Waals surface area (Å²) in [6, 6.07) is 5.70. The van der Waals surface area contributed by atoms with Gasteiger partial charge in [-0.1, -0.05) is 0 Å². The van der Waals surface area contributed by atoms with E-state index in [2.05, 4.69) is 0 Å². The number of piperazine rings is 1. The van der Waals surface area contributed by atoms with Gasteiger partial charge in [0.25, 0.3) is 5.91 Å². The minimum atomic E-state index is -4.39. The van der Waals surface area contributed by atoms with E-state index >= 15 is 0 Å². The van der Waals surface area contributed by atoms with Crippen molar-refractivity contribution in [1.29, 1.82) is 0 Å². The molecule has 188 valence electrons. The van der Waals surface area contributed by atoms with Crippen molar-refractivity contribution < 1.29 is 40.0 Å². The van der Waals surface area contributed by atoms with Crippen LogP contribution in [0, 0.1) is 0 Å². The van der Waals surface area contributed by atoms with Gasteiger partial charge in [-0.3, -0.25) is 10.0 Å². The van der Waals surface area contributed by atoms with Crippen molar-refractivity contribution in [1.82, 2.24) is 9.79 Å². The molecule has 1 amide bonds. The Hall–Kier alpha value is -1.26. The molecule has 0 bridgehead atoms. The number of rotatable bonds is 5. The zero-order valence-corrected chi connectivity index (χ0v) is 20.4. The maximum atomic E-state index is 13.3. The standard InChI is InChI=1S/C17H22F3N3O6S3.ClH/c18-17(19,20)30-14-3-1-13(2-4-14)22-7-9-23(10-8-22)32(28,29)16(15(24)21-25)5-11-31(26,27)12-6-16;/h1-4,25H,5-12H2,(H,21,24);1H. The number of alkyl halides is 3. The van der Waals surface area contributed by atoms with Crippen molar-refractivity contribution in [3.05, 3.63) is 24.3 Å². The lowest BCUT2D eigenvalue weighted by Crippen LogP contribution is -2.62. The van der Waals surface area contributed by atoms with Gasteiger partial charge < -0.3 is 4.90 Å². The third-order valence-corrected chi connectivity index (χ3v) is 10.7. The molecule has 2 saturated heterocycles. The first-order chi connectivity index (χ1) is 14.8. The van der Waals surface area contributed by atoms with Gasteiger partial charge in [0.1, 0.15) is 9.84 Å². The molecule has 2 heterocycles. The average Bonchev–Trinajstić information content (AvgIpc) is 2.73. The molecule has 2 aliphatic rings. The van der Waals surface area contributed by atoms with E-state index in [1.165, 1.54) is 29.7 Å². The van der Waals surface area contributed by atoms with Gasteiger partial charge >= 0.3 is 5.51 Å². The van der Waals surface area contributed by atoms with Crippen LogP contribution in [0.4, 0.5) is 18.9 Å². The van der Waals surface area contributed by atoms with Gasteiger partial charge in [-0.25, -0.2) is 22.3 Å². The number of hydrogen-bond donors (Lipinski definition) is 2. The van der Waals surface area contributed by atoms with Gasteiger partial charge in [0.15, 0.2) is 4.75 Å². The first-order valence-electron chi connectivity index (χ1n) is 9.55. The van der Waals surface area contributed by atoms with Crippen LogP contribution in [-0.4, -0.2) is 80.2 Å². The van der Waals surface area contributed by atoms with E-state index in [-0.39, 0.29) is 55.2 Å². The van der Waals surface area contributed by atoms with E-state index in [1.54, 1.807) is 4.90 Å². The summed E-state index contributed by atoms with van der Waals surface area (Å²) in [4.78, 5) is 14.2. The first-order valence-corrected chi connectivity index (χ1v) is 13.6. The van der Waals surface area contributed by atoms with Gasteiger partial charge in [0.2, 0.25) is 10.0 Å². The minimum Gasteiger partial charge on any atom is -0.369 e. The van der Waals surface area contributed by atoms with Crippen molar-refractivity contribution in [3.8, 4) is 0 Å². The number of anilines is 1. The highest BCUT2D eigenvalue weighted by Crippen LogP contribution is 2.38. The Morgan fingerprint density at radius 1 is 1.06 bits per heavy atom. The van der Waals surface area contributed by atoms with Crippen LogP contribution in [0.5, 0.6) is 0 Å². The van der Waals surface area contributed by atoms with Gasteiger partial charge in [-0.15, -0.1) is 12.4 Å². The maximum absolute atomic E-state index is 13.3. The van der Waals surface area contributed by atoms with E-state index in [4.69, 9.17) is 5.21 Å². The molecular formula is C17H23ClF3N3O6S3. The number of thioether (sulfide) groups is 1. The van der Waals surface area contributed by atoms with E-state index in [1.807, 2.05) is 0 Å². The first kappa shape index (κ1) is 28.0. The molecule has 0 aliphatic carbocycles. The predicted octanol–water partition coefficient (Wildman–Crippen LogP) is 1.62. The number of nitrogens with one attached hydrogen (secondary N) is 1. The molecular weight excluding hydrogens is 531 g/mol. The highest BCUT2D eigenvalue weighted by molar-refractivity contribution is 8.00. The van der Waals surface area contributed by atoms with Crippen molar-refractivity contribution in [2.24, 2.45) is 0 Å². The van der Waals surface area contributed by atoms with Crippen LogP contribution in [0.2, 0.25) is 0 Å². The molecule has 0 unspecified atom stereocenters. The normalized spacial score (nSPS) is 21.2. The summed E-state index contributed by atoms with van der Waals surface area (Å²) < 4.78 is 86.7. The van der Waals surface area contributed by atoms with Gasteiger partial charge in [0, 0.05) is 36.8 Å². The van der Waals surface area contributed by atoms with Crippen molar-refractivity contribution >= 4 is 55.6 Å². The Labute approximate surface area is 200 Å². The fourth-order valence-electron chi connectivity index (χ4n) is 3.86. The molecule has 1 aromatic rings. The van der Waals surface area contributed by atoms with Gasteiger partial charge in [0.05, 0.1) is 11.5 Å². The number of benzene rings is 1. The number of nitrogens with zero attached hydrogens (tertiary/aromatic N) is 2. The second-order valence-corrected chi connectivity index (χ2v) is 13.2. The summed E-state index contributed by atoms with van der Waals surface area (Å²) in [6.07, 6.45) is -0.911.